The third kappa shape index (κ3) is 4.28. The lowest BCUT2D eigenvalue weighted by atomic mass is 10.2. The average molecular weight is 308 g/mol. The quantitative estimate of drug-likeness (QED) is 0.869. The smallest absolute Gasteiger partial charge is 0.140 e. The Morgan fingerprint density at radius 1 is 1.62 bits per heavy atom. The van der Waals surface area contributed by atoms with Crippen molar-refractivity contribution < 1.29 is 4.74 Å². The highest BCUT2D eigenvalue weighted by Gasteiger charge is 2.10. The number of hydrogen-bond donors (Lipinski definition) is 1. The lowest BCUT2D eigenvalue weighted by Crippen LogP contribution is -2.25. The van der Waals surface area contributed by atoms with Crippen molar-refractivity contribution in [2.24, 2.45) is 0 Å². The molecule has 1 aromatic heterocycles. The average Bonchev–Trinajstić information content (AvgIpc) is 2.23. The van der Waals surface area contributed by atoms with Crippen LogP contribution in [0.3, 0.4) is 0 Å². The monoisotopic (exact) mass is 306 g/mol. The fraction of sp³-hybridized carbons (Fsp3) is 0.545. The summed E-state index contributed by atoms with van der Waals surface area (Å²) < 4.78 is 6.03. The van der Waals surface area contributed by atoms with Crippen molar-refractivity contribution in [2.75, 3.05) is 19.0 Å². The van der Waals surface area contributed by atoms with Crippen LogP contribution in [-0.2, 0) is 4.74 Å². The first-order valence-corrected chi connectivity index (χ1v) is 6.41. The zero-order valence-electron chi connectivity index (χ0n) is 9.46. The van der Waals surface area contributed by atoms with Crippen LogP contribution in [-0.4, -0.2) is 24.7 Å². The SMILES string of the molecule is CCCC(COC)Nc1ncc(Cl)cc1Br. The van der Waals surface area contributed by atoms with E-state index in [4.69, 9.17) is 16.3 Å². The third-order valence-electron chi connectivity index (χ3n) is 2.15. The molecule has 5 heteroatoms. The predicted octanol–water partition coefficient (Wildman–Crippen LogP) is 3.72. The molecule has 1 heterocycles. The Morgan fingerprint density at radius 2 is 2.38 bits per heavy atom. The van der Waals surface area contributed by atoms with Gasteiger partial charge in [-0.3, -0.25) is 0 Å². The van der Waals surface area contributed by atoms with E-state index in [0.717, 1.165) is 23.1 Å². The summed E-state index contributed by atoms with van der Waals surface area (Å²) in [6, 6.07) is 2.10. The molecule has 0 aliphatic heterocycles. The number of hydrogen-bond acceptors (Lipinski definition) is 3. The summed E-state index contributed by atoms with van der Waals surface area (Å²) >= 11 is 9.26. The zero-order chi connectivity index (χ0) is 12.0. The summed E-state index contributed by atoms with van der Waals surface area (Å²) in [6.45, 7) is 2.82. The van der Waals surface area contributed by atoms with Crippen LogP contribution >= 0.6 is 27.5 Å². The zero-order valence-corrected chi connectivity index (χ0v) is 11.8. The molecule has 1 unspecified atom stereocenters. The molecule has 1 rings (SSSR count). The van der Waals surface area contributed by atoms with Crippen LogP contribution in [0.15, 0.2) is 16.7 Å². The molecule has 1 atom stereocenters. The van der Waals surface area contributed by atoms with E-state index in [2.05, 4.69) is 33.2 Å². The van der Waals surface area contributed by atoms with Gasteiger partial charge in [-0.1, -0.05) is 24.9 Å². The number of halogens is 2. The van der Waals surface area contributed by atoms with E-state index in [1.807, 2.05) is 6.07 Å². The molecule has 0 fully saturated rings. The number of nitrogens with zero attached hydrogens (tertiary/aromatic N) is 1. The highest BCUT2D eigenvalue weighted by Crippen LogP contribution is 2.24. The van der Waals surface area contributed by atoms with Crippen LogP contribution in [0, 0.1) is 0 Å². The Labute approximate surface area is 110 Å². The fourth-order valence-electron chi connectivity index (χ4n) is 1.46. The van der Waals surface area contributed by atoms with Crippen LogP contribution in [0.1, 0.15) is 19.8 Å². The molecule has 16 heavy (non-hydrogen) atoms. The molecule has 0 aliphatic carbocycles. The molecule has 1 N–H and O–H groups in total. The predicted molar refractivity (Wildman–Crippen MR) is 71.1 cm³/mol. The van der Waals surface area contributed by atoms with Crippen LogP contribution in [0.25, 0.3) is 0 Å². The van der Waals surface area contributed by atoms with E-state index < -0.39 is 0 Å². The highest BCUT2D eigenvalue weighted by atomic mass is 79.9. The van der Waals surface area contributed by atoms with Gasteiger partial charge in [0.25, 0.3) is 0 Å². The minimum absolute atomic E-state index is 0.278. The molecule has 90 valence electrons. The van der Waals surface area contributed by atoms with Crippen molar-refractivity contribution in [1.29, 1.82) is 0 Å². The molecule has 0 saturated carbocycles. The molecule has 0 bridgehead atoms. The lowest BCUT2D eigenvalue weighted by Gasteiger charge is -2.18. The Balaban J connectivity index is 2.68. The summed E-state index contributed by atoms with van der Waals surface area (Å²) in [5.74, 6) is 0.805. The number of anilines is 1. The summed E-state index contributed by atoms with van der Waals surface area (Å²) in [7, 11) is 1.70. The normalized spacial score (nSPS) is 12.5. The maximum absolute atomic E-state index is 5.83. The number of ether oxygens (including phenoxy) is 1. The largest absolute Gasteiger partial charge is 0.383 e. The van der Waals surface area contributed by atoms with Gasteiger partial charge in [0, 0.05) is 13.3 Å². The summed E-state index contributed by atoms with van der Waals surface area (Å²) in [5.41, 5.74) is 0. The topological polar surface area (TPSA) is 34.1 Å². The summed E-state index contributed by atoms with van der Waals surface area (Å²) in [5, 5.41) is 3.96. The van der Waals surface area contributed by atoms with Gasteiger partial charge in [-0.05, 0) is 28.4 Å². The molecule has 0 spiro atoms. The molecule has 0 aliphatic rings. The second kappa shape index (κ2) is 7.09. The Bertz CT molecular complexity index is 330. The fourth-order valence-corrected chi connectivity index (χ4v) is 2.21. The molecular weight excluding hydrogens is 291 g/mol. The first-order valence-electron chi connectivity index (χ1n) is 5.23. The van der Waals surface area contributed by atoms with Gasteiger partial charge < -0.3 is 10.1 Å². The molecule has 0 aromatic carbocycles. The Morgan fingerprint density at radius 3 is 2.94 bits per heavy atom. The molecular formula is C11H16BrClN2O. The number of aromatic nitrogens is 1. The van der Waals surface area contributed by atoms with Crippen molar-refractivity contribution in [3.05, 3.63) is 21.8 Å². The first kappa shape index (κ1) is 13.7. The maximum Gasteiger partial charge on any atom is 0.140 e. The van der Waals surface area contributed by atoms with E-state index in [1.54, 1.807) is 13.3 Å². The van der Waals surface area contributed by atoms with Crippen LogP contribution in [0.4, 0.5) is 5.82 Å². The second-order valence-electron chi connectivity index (χ2n) is 3.57. The van der Waals surface area contributed by atoms with Gasteiger partial charge in [0.15, 0.2) is 0 Å². The Kier molecular flexibility index (Phi) is 6.09. The number of pyridine rings is 1. The molecule has 3 nitrogen and oxygen atoms in total. The summed E-state index contributed by atoms with van der Waals surface area (Å²) in [4.78, 5) is 4.24. The van der Waals surface area contributed by atoms with E-state index in [1.165, 1.54) is 0 Å². The van der Waals surface area contributed by atoms with E-state index in [0.29, 0.717) is 11.6 Å². The van der Waals surface area contributed by atoms with Gasteiger partial charge in [0.05, 0.1) is 22.1 Å². The van der Waals surface area contributed by atoms with E-state index >= 15 is 0 Å². The van der Waals surface area contributed by atoms with Crippen molar-refractivity contribution in [3.8, 4) is 0 Å². The molecule has 0 saturated heterocycles. The highest BCUT2D eigenvalue weighted by molar-refractivity contribution is 9.10. The first-order chi connectivity index (χ1) is 7.67. The van der Waals surface area contributed by atoms with E-state index in [9.17, 15) is 0 Å². The van der Waals surface area contributed by atoms with Gasteiger partial charge in [0.1, 0.15) is 5.82 Å². The van der Waals surface area contributed by atoms with Crippen LogP contribution < -0.4 is 5.32 Å². The van der Waals surface area contributed by atoms with Crippen molar-refractivity contribution in [1.82, 2.24) is 4.98 Å². The Hall–Kier alpha value is -0.320. The number of rotatable bonds is 6. The minimum Gasteiger partial charge on any atom is -0.383 e. The van der Waals surface area contributed by atoms with Crippen LogP contribution in [0.5, 0.6) is 0 Å². The third-order valence-corrected chi connectivity index (χ3v) is 2.96. The summed E-state index contributed by atoms with van der Waals surface area (Å²) in [6.07, 6.45) is 3.78. The lowest BCUT2D eigenvalue weighted by molar-refractivity contribution is 0.182. The van der Waals surface area contributed by atoms with Crippen molar-refractivity contribution >= 4 is 33.3 Å². The second-order valence-corrected chi connectivity index (χ2v) is 4.86. The molecule has 0 amide bonds. The number of nitrogens with one attached hydrogen (secondary N) is 1. The minimum atomic E-state index is 0.278. The number of methoxy groups -OCH3 is 1. The van der Waals surface area contributed by atoms with Crippen molar-refractivity contribution in [3.63, 3.8) is 0 Å². The van der Waals surface area contributed by atoms with Gasteiger partial charge >= 0.3 is 0 Å². The van der Waals surface area contributed by atoms with Crippen LogP contribution in [0.2, 0.25) is 5.02 Å². The van der Waals surface area contributed by atoms with Crippen molar-refractivity contribution in [2.45, 2.75) is 25.8 Å². The van der Waals surface area contributed by atoms with Gasteiger partial charge in [-0.25, -0.2) is 4.98 Å². The molecule has 0 radical (unpaired) electrons. The van der Waals surface area contributed by atoms with E-state index in [-0.39, 0.29) is 6.04 Å². The maximum atomic E-state index is 5.83. The van der Waals surface area contributed by atoms with Gasteiger partial charge in [-0.2, -0.15) is 0 Å². The van der Waals surface area contributed by atoms with Gasteiger partial charge in [-0.15, -0.1) is 0 Å². The van der Waals surface area contributed by atoms with Gasteiger partial charge in [0.2, 0.25) is 0 Å². The molecule has 1 aromatic rings. The standard InChI is InChI=1S/C11H16BrClN2O/c1-3-4-9(7-16-2)15-11-10(12)5-8(13)6-14-11/h5-6,9H,3-4,7H2,1-2H3,(H,14,15).